The first-order chi connectivity index (χ1) is 9.27. The van der Waals surface area contributed by atoms with Gasteiger partial charge in [0.25, 0.3) is 0 Å². The molecule has 1 atom stereocenters. The molecule has 0 aromatic heterocycles. The third kappa shape index (κ3) is 3.13. The van der Waals surface area contributed by atoms with Crippen molar-refractivity contribution < 1.29 is 4.79 Å². The standard InChI is InChI=1S/C16H28N2O/c19-15(12-14-6-3-1-2-4-7-14)18-11-9-16(13-18)8-5-10-17-16/h14,17H,1-13H2. The minimum absolute atomic E-state index is 0.291. The van der Waals surface area contributed by atoms with Crippen LogP contribution >= 0.6 is 0 Å². The normalized spacial score (nSPS) is 32.9. The molecule has 2 heterocycles. The Morgan fingerprint density at radius 1 is 1.11 bits per heavy atom. The third-order valence-corrected chi connectivity index (χ3v) is 5.48. The van der Waals surface area contributed by atoms with Crippen molar-refractivity contribution >= 4 is 5.91 Å². The maximum atomic E-state index is 12.5. The Bertz CT molecular complexity index is 315. The molecule has 0 aromatic rings. The van der Waals surface area contributed by atoms with Gasteiger partial charge in [-0.05, 0) is 44.6 Å². The topological polar surface area (TPSA) is 32.3 Å². The molecule has 1 saturated carbocycles. The van der Waals surface area contributed by atoms with Crippen molar-refractivity contribution in [3.05, 3.63) is 0 Å². The molecule has 3 rings (SSSR count). The zero-order valence-electron chi connectivity index (χ0n) is 12.1. The maximum absolute atomic E-state index is 12.5. The summed E-state index contributed by atoms with van der Waals surface area (Å²) in [6.45, 7) is 3.10. The summed E-state index contributed by atoms with van der Waals surface area (Å²) in [5.74, 6) is 1.10. The molecule has 2 saturated heterocycles. The number of hydrogen-bond acceptors (Lipinski definition) is 2. The number of hydrogen-bond donors (Lipinski definition) is 1. The van der Waals surface area contributed by atoms with Crippen LogP contribution in [0.25, 0.3) is 0 Å². The van der Waals surface area contributed by atoms with Crippen molar-refractivity contribution in [3.8, 4) is 0 Å². The van der Waals surface area contributed by atoms with Gasteiger partial charge in [-0.25, -0.2) is 0 Å². The van der Waals surface area contributed by atoms with Gasteiger partial charge in [-0.1, -0.05) is 25.7 Å². The SMILES string of the molecule is O=C(CC1CCCCCC1)N1CCC2(CCCN2)C1. The van der Waals surface area contributed by atoms with Crippen molar-refractivity contribution in [2.75, 3.05) is 19.6 Å². The Labute approximate surface area is 117 Å². The molecule has 1 aliphatic carbocycles. The first kappa shape index (κ1) is 13.4. The van der Waals surface area contributed by atoms with Crippen molar-refractivity contribution in [2.24, 2.45) is 5.92 Å². The minimum atomic E-state index is 0.291. The van der Waals surface area contributed by atoms with Crippen LogP contribution < -0.4 is 5.32 Å². The molecule has 3 aliphatic rings. The Hall–Kier alpha value is -0.570. The van der Waals surface area contributed by atoms with Crippen molar-refractivity contribution in [2.45, 2.75) is 69.7 Å². The summed E-state index contributed by atoms with van der Waals surface area (Å²) in [6, 6.07) is 0. The molecule has 1 N–H and O–H groups in total. The van der Waals surface area contributed by atoms with E-state index in [1.54, 1.807) is 0 Å². The van der Waals surface area contributed by atoms with Gasteiger partial charge in [0.15, 0.2) is 0 Å². The molecule has 3 fully saturated rings. The van der Waals surface area contributed by atoms with Gasteiger partial charge in [0, 0.05) is 25.0 Å². The van der Waals surface area contributed by atoms with Gasteiger partial charge in [-0.15, -0.1) is 0 Å². The Kier molecular flexibility index (Phi) is 4.11. The van der Waals surface area contributed by atoms with Crippen LogP contribution in [0.1, 0.15) is 64.2 Å². The average molecular weight is 264 g/mol. The van der Waals surface area contributed by atoms with Gasteiger partial charge in [-0.3, -0.25) is 4.79 Å². The monoisotopic (exact) mass is 264 g/mol. The van der Waals surface area contributed by atoms with Gasteiger partial charge in [0.05, 0.1) is 0 Å². The molecular formula is C16H28N2O. The fourth-order valence-corrected chi connectivity index (χ4v) is 4.25. The minimum Gasteiger partial charge on any atom is -0.341 e. The first-order valence-electron chi connectivity index (χ1n) is 8.30. The molecule has 2 aliphatic heterocycles. The quantitative estimate of drug-likeness (QED) is 0.778. The molecule has 0 radical (unpaired) electrons. The van der Waals surface area contributed by atoms with E-state index in [0.717, 1.165) is 26.1 Å². The molecule has 19 heavy (non-hydrogen) atoms. The second-order valence-electron chi connectivity index (χ2n) is 6.94. The van der Waals surface area contributed by atoms with Gasteiger partial charge >= 0.3 is 0 Å². The van der Waals surface area contributed by atoms with Crippen LogP contribution in [-0.4, -0.2) is 36.0 Å². The van der Waals surface area contributed by atoms with Gasteiger partial charge < -0.3 is 10.2 Å². The van der Waals surface area contributed by atoms with Crippen LogP contribution in [0.3, 0.4) is 0 Å². The van der Waals surface area contributed by atoms with Crippen LogP contribution in [0.4, 0.5) is 0 Å². The third-order valence-electron chi connectivity index (χ3n) is 5.48. The number of nitrogens with zero attached hydrogens (tertiary/aromatic N) is 1. The molecule has 0 aromatic carbocycles. The second-order valence-corrected chi connectivity index (χ2v) is 6.94. The van der Waals surface area contributed by atoms with Crippen LogP contribution in [0, 0.1) is 5.92 Å². The lowest BCUT2D eigenvalue weighted by atomic mass is 9.95. The van der Waals surface area contributed by atoms with Crippen LogP contribution in [0.5, 0.6) is 0 Å². The van der Waals surface area contributed by atoms with E-state index in [1.807, 2.05) is 0 Å². The summed E-state index contributed by atoms with van der Waals surface area (Å²) in [5.41, 5.74) is 0.291. The Morgan fingerprint density at radius 3 is 2.58 bits per heavy atom. The van der Waals surface area contributed by atoms with E-state index in [2.05, 4.69) is 10.2 Å². The van der Waals surface area contributed by atoms with E-state index < -0.39 is 0 Å². The molecular weight excluding hydrogens is 236 g/mol. The molecule has 1 unspecified atom stereocenters. The molecule has 108 valence electrons. The summed E-state index contributed by atoms with van der Waals surface area (Å²) >= 11 is 0. The van der Waals surface area contributed by atoms with Gasteiger partial charge in [-0.2, -0.15) is 0 Å². The zero-order valence-corrected chi connectivity index (χ0v) is 12.1. The predicted molar refractivity (Wildman–Crippen MR) is 77.0 cm³/mol. The van der Waals surface area contributed by atoms with Crippen molar-refractivity contribution in [3.63, 3.8) is 0 Å². The van der Waals surface area contributed by atoms with E-state index in [-0.39, 0.29) is 0 Å². The number of amides is 1. The largest absolute Gasteiger partial charge is 0.341 e. The van der Waals surface area contributed by atoms with Crippen molar-refractivity contribution in [1.82, 2.24) is 10.2 Å². The first-order valence-corrected chi connectivity index (χ1v) is 8.30. The number of carbonyl (C=O) groups excluding carboxylic acids is 1. The molecule has 1 amide bonds. The molecule has 3 heteroatoms. The lowest BCUT2D eigenvalue weighted by molar-refractivity contribution is -0.131. The number of rotatable bonds is 2. The van der Waals surface area contributed by atoms with Crippen molar-refractivity contribution in [1.29, 1.82) is 0 Å². The second kappa shape index (κ2) is 5.82. The lowest BCUT2D eigenvalue weighted by Crippen LogP contribution is -2.43. The Morgan fingerprint density at radius 2 is 1.89 bits per heavy atom. The molecule has 0 bridgehead atoms. The van der Waals surface area contributed by atoms with E-state index in [1.165, 1.54) is 57.8 Å². The zero-order chi connectivity index (χ0) is 13.1. The lowest BCUT2D eigenvalue weighted by Gasteiger charge is -2.25. The highest BCUT2D eigenvalue weighted by molar-refractivity contribution is 5.77. The smallest absolute Gasteiger partial charge is 0.222 e. The fourth-order valence-electron chi connectivity index (χ4n) is 4.25. The summed E-state index contributed by atoms with van der Waals surface area (Å²) in [6.07, 6.45) is 12.5. The highest BCUT2D eigenvalue weighted by Gasteiger charge is 2.41. The summed E-state index contributed by atoms with van der Waals surface area (Å²) in [5, 5.41) is 3.64. The predicted octanol–water partition coefficient (Wildman–Crippen LogP) is 2.70. The van der Waals surface area contributed by atoms with E-state index >= 15 is 0 Å². The average Bonchev–Trinajstić information content (AvgIpc) is 2.97. The summed E-state index contributed by atoms with van der Waals surface area (Å²) in [4.78, 5) is 14.6. The molecule has 3 nitrogen and oxygen atoms in total. The van der Waals surface area contributed by atoms with Crippen LogP contribution in [-0.2, 0) is 4.79 Å². The highest BCUT2D eigenvalue weighted by atomic mass is 16.2. The van der Waals surface area contributed by atoms with Gasteiger partial charge in [0.2, 0.25) is 5.91 Å². The summed E-state index contributed by atoms with van der Waals surface area (Å²) < 4.78 is 0. The van der Waals surface area contributed by atoms with Gasteiger partial charge in [0.1, 0.15) is 0 Å². The Balaban J connectivity index is 1.50. The summed E-state index contributed by atoms with van der Waals surface area (Å²) in [7, 11) is 0. The molecule has 1 spiro atoms. The van der Waals surface area contributed by atoms with Crippen LogP contribution in [0.2, 0.25) is 0 Å². The van der Waals surface area contributed by atoms with E-state index in [0.29, 0.717) is 17.4 Å². The highest BCUT2D eigenvalue weighted by Crippen LogP contribution is 2.32. The maximum Gasteiger partial charge on any atom is 0.222 e. The number of likely N-dealkylation sites (tertiary alicyclic amines) is 1. The van der Waals surface area contributed by atoms with E-state index in [4.69, 9.17) is 0 Å². The van der Waals surface area contributed by atoms with E-state index in [9.17, 15) is 4.79 Å². The fraction of sp³-hybridized carbons (Fsp3) is 0.938. The number of nitrogens with one attached hydrogen (secondary N) is 1. The van der Waals surface area contributed by atoms with Crippen LogP contribution in [0.15, 0.2) is 0 Å². The number of carbonyl (C=O) groups is 1.